The van der Waals surface area contributed by atoms with Crippen molar-refractivity contribution < 1.29 is 13.9 Å². The van der Waals surface area contributed by atoms with Crippen LogP contribution in [0.1, 0.15) is 32.3 Å². The average Bonchev–Trinajstić information content (AvgIpc) is 3.02. The van der Waals surface area contributed by atoms with Crippen molar-refractivity contribution in [1.82, 2.24) is 4.90 Å². The third kappa shape index (κ3) is 3.75. The summed E-state index contributed by atoms with van der Waals surface area (Å²) >= 11 is 0. The molecule has 18 heavy (non-hydrogen) atoms. The van der Waals surface area contributed by atoms with E-state index in [0.29, 0.717) is 24.7 Å². The number of hydrogen-bond acceptors (Lipinski definition) is 2. The quantitative estimate of drug-likeness (QED) is 0.874. The van der Waals surface area contributed by atoms with Crippen molar-refractivity contribution in [3.63, 3.8) is 0 Å². The Labute approximate surface area is 106 Å². The molecule has 1 aromatic rings. The second kappa shape index (κ2) is 4.94. The predicted octanol–water partition coefficient (Wildman–Crippen LogP) is 2.70. The summed E-state index contributed by atoms with van der Waals surface area (Å²) in [6, 6.07) is 4.07. The van der Waals surface area contributed by atoms with Crippen molar-refractivity contribution in [3.05, 3.63) is 35.4 Å². The van der Waals surface area contributed by atoms with Crippen LogP contribution < -0.4 is 0 Å². The van der Waals surface area contributed by atoms with Gasteiger partial charge >= 0.3 is 0 Å². The summed E-state index contributed by atoms with van der Waals surface area (Å²) in [5.74, 6) is -1.08. The second-order valence-corrected chi connectivity index (χ2v) is 5.68. The highest BCUT2D eigenvalue weighted by atomic mass is 19.1. The molecule has 0 spiro atoms. The fraction of sp³-hybridized carbons (Fsp3) is 0.571. The highest BCUT2D eigenvalue weighted by molar-refractivity contribution is 5.18. The molecule has 0 aliphatic heterocycles. The van der Waals surface area contributed by atoms with E-state index in [0.717, 1.165) is 18.9 Å². The maximum Gasteiger partial charge on any atom is 0.130 e. The monoisotopic (exact) mass is 255 g/mol. The fourth-order valence-corrected chi connectivity index (χ4v) is 2.12. The molecular formula is C14H19F2NO. The first-order valence-corrected chi connectivity index (χ1v) is 6.25. The number of benzene rings is 1. The maximum atomic E-state index is 13.6. The molecule has 4 heteroatoms. The van der Waals surface area contributed by atoms with Gasteiger partial charge in [0, 0.05) is 30.8 Å². The molecule has 1 aliphatic rings. The summed E-state index contributed by atoms with van der Waals surface area (Å²) in [6.45, 7) is 4.39. The molecule has 1 aromatic carbocycles. The summed E-state index contributed by atoms with van der Waals surface area (Å²) < 4.78 is 26.4. The Morgan fingerprint density at radius 2 is 2.00 bits per heavy atom. The zero-order chi connectivity index (χ0) is 13.3. The van der Waals surface area contributed by atoms with Crippen LogP contribution >= 0.6 is 0 Å². The Hall–Kier alpha value is -1.00. The SMILES string of the molecule is CC(C)(O)CN(Cc1ccc(F)cc1F)C1CC1. The van der Waals surface area contributed by atoms with Gasteiger partial charge in [-0.2, -0.15) is 0 Å². The Kier molecular flexibility index (Phi) is 3.69. The van der Waals surface area contributed by atoms with Gasteiger partial charge in [-0.15, -0.1) is 0 Å². The molecule has 0 saturated heterocycles. The first-order valence-electron chi connectivity index (χ1n) is 6.25. The zero-order valence-corrected chi connectivity index (χ0v) is 10.8. The number of halogens is 2. The molecule has 1 aliphatic carbocycles. The molecule has 2 nitrogen and oxygen atoms in total. The molecule has 100 valence electrons. The lowest BCUT2D eigenvalue weighted by molar-refractivity contribution is 0.0301. The van der Waals surface area contributed by atoms with Gasteiger partial charge in [0.2, 0.25) is 0 Å². The van der Waals surface area contributed by atoms with Crippen LogP contribution in [-0.2, 0) is 6.54 Å². The summed E-state index contributed by atoms with van der Waals surface area (Å²) in [7, 11) is 0. The van der Waals surface area contributed by atoms with E-state index in [-0.39, 0.29) is 0 Å². The highest BCUT2D eigenvalue weighted by Crippen LogP contribution is 2.30. The standard InChI is InChI=1S/C14H19F2NO/c1-14(2,18)9-17(12-5-6-12)8-10-3-4-11(15)7-13(10)16/h3-4,7,12,18H,5-6,8-9H2,1-2H3. The van der Waals surface area contributed by atoms with E-state index in [4.69, 9.17) is 0 Å². The predicted molar refractivity (Wildman–Crippen MR) is 66.1 cm³/mol. The second-order valence-electron chi connectivity index (χ2n) is 5.68. The van der Waals surface area contributed by atoms with Gasteiger partial charge in [0.1, 0.15) is 11.6 Å². The minimum absolute atomic E-state index is 0.417. The number of hydrogen-bond donors (Lipinski definition) is 1. The fourth-order valence-electron chi connectivity index (χ4n) is 2.12. The van der Waals surface area contributed by atoms with Gasteiger partial charge in [-0.25, -0.2) is 8.78 Å². The van der Waals surface area contributed by atoms with Crippen molar-refractivity contribution in [2.45, 2.75) is 44.9 Å². The largest absolute Gasteiger partial charge is 0.389 e. The Balaban J connectivity index is 2.08. The lowest BCUT2D eigenvalue weighted by atomic mass is 10.1. The third-order valence-electron chi connectivity index (χ3n) is 3.04. The van der Waals surface area contributed by atoms with Crippen LogP contribution in [0.4, 0.5) is 8.78 Å². The van der Waals surface area contributed by atoms with Gasteiger partial charge in [0.05, 0.1) is 5.60 Å². The Morgan fingerprint density at radius 3 is 2.50 bits per heavy atom. The molecule has 0 radical (unpaired) electrons. The van der Waals surface area contributed by atoms with Crippen LogP contribution in [0.2, 0.25) is 0 Å². The van der Waals surface area contributed by atoms with Gasteiger partial charge < -0.3 is 5.11 Å². The summed E-state index contributed by atoms with van der Waals surface area (Å²) in [6.07, 6.45) is 2.16. The Bertz CT molecular complexity index is 424. The molecule has 0 bridgehead atoms. The molecule has 0 atom stereocenters. The Morgan fingerprint density at radius 1 is 1.33 bits per heavy atom. The number of rotatable bonds is 5. The molecular weight excluding hydrogens is 236 g/mol. The van der Waals surface area contributed by atoms with Crippen LogP contribution in [0.3, 0.4) is 0 Å². The first-order chi connectivity index (χ1) is 8.35. The molecule has 1 N–H and O–H groups in total. The third-order valence-corrected chi connectivity index (χ3v) is 3.04. The van der Waals surface area contributed by atoms with Gasteiger partial charge in [-0.3, -0.25) is 4.90 Å². The maximum absolute atomic E-state index is 13.6. The summed E-state index contributed by atoms with van der Waals surface area (Å²) in [5.41, 5.74) is -0.327. The van der Waals surface area contributed by atoms with E-state index >= 15 is 0 Å². The zero-order valence-electron chi connectivity index (χ0n) is 10.8. The van der Waals surface area contributed by atoms with Crippen molar-refractivity contribution in [2.75, 3.05) is 6.54 Å². The molecule has 1 fully saturated rings. The van der Waals surface area contributed by atoms with E-state index in [9.17, 15) is 13.9 Å². The van der Waals surface area contributed by atoms with E-state index in [1.807, 2.05) is 0 Å². The van der Waals surface area contributed by atoms with Gasteiger partial charge in [-0.05, 0) is 32.8 Å². The van der Waals surface area contributed by atoms with Gasteiger partial charge in [0.25, 0.3) is 0 Å². The van der Waals surface area contributed by atoms with Gasteiger partial charge in [-0.1, -0.05) is 6.07 Å². The smallest absolute Gasteiger partial charge is 0.130 e. The minimum atomic E-state index is -0.806. The highest BCUT2D eigenvalue weighted by Gasteiger charge is 2.32. The van der Waals surface area contributed by atoms with Crippen LogP contribution in [0.15, 0.2) is 18.2 Å². The molecule has 1 saturated carbocycles. The molecule has 0 amide bonds. The van der Waals surface area contributed by atoms with Crippen LogP contribution in [0.25, 0.3) is 0 Å². The lowest BCUT2D eigenvalue weighted by Gasteiger charge is -2.29. The van der Waals surface area contributed by atoms with Crippen LogP contribution in [0, 0.1) is 11.6 Å². The van der Waals surface area contributed by atoms with Gasteiger partial charge in [0.15, 0.2) is 0 Å². The average molecular weight is 255 g/mol. The first kappa shape index (κ1) is 13.4. The van der Waals surface area contributed by atoms with Crippen molar-refractivity contribution in [2.24, 2.45) is 0 Å². The normalized spacial score (nSPS) is 16.3. The minimum Gasteiger partial charge on any atom is -0.389 e. The molecule has 2 rings (SSSR count). The van der Waals surface area contributed by atoms with E-state index in [1.165, 1.54) is 12.1 Å². The van der Waals surface area contributed by atoms with Crippen molar-refractivity contribution >= 4 is 0 Å². The summed E-state index contributed by atoms with van der Waals surface area (Å²) in [5, 5.41) is 9.86. The van der Waals surface area contributed by atoms with E-state index in [2.05, 4.69) is 4.90 Å². The topological polar surface area (TPSA) is 23.5 Å². The lowest BCUT2D eigenvalue weighted by Crippen LogP contribution is -2.39. The van der Waals surface area contributed by atoms with Crippen molar-refractivity contribution in [1.29, 1.82) is 0 Å². The molecule has 0 unspecified atom stereocenters. The number of nitrogens with zero attached hydrogens (tertiary/aromatic N) is 1. The molecule has 0 aromatic heterocycles. The van der Waals surface area contributed by atoms with E-state index in [1.54, 1.807) is 13.8 Å². The molecule has 0 heterocycles. The van der Waals surface area contributed by atoms with E-state index < -0.39 is 17.2 Å². The summed E-state index contributed by atoms with van der Waals surface area (Å²) in [4.78, 5) is 2.07. The van der Waals surface area contributed by atoms with Crippen molar-refractivity contribution in [3.8, 4) is 0 Å². The van der Waals surface area contributed by atoms with Crippen LogP contribution in [0.5, 0.6) is 0 Å². The van der Waals surface area contributed by atoms with Crippen LogP contribution in [-0.4, -0.2) is 28.2 Å². The number of aliphatic hydroxyl groups is 1.